The highest BCUT2D eigenvalue weighted by molar-refractivity contribution is 7.99. The van der Waals surface area contributed by atoms with Crippen LogP contribution in [0.5, 0.6) is 0 Å². The molecule has 5 heteroatoms. The van der Waals surface area contributed by atoms with Crippen LogP contribution in [0.25, 0.3) is 0 Å². The topological polar surface area (TPSA) is 52.6 Å². The summed E-state index contributed by atoms with van der Waals surface area (Å²) < 4.78 is 10.0. The van der Waals surface area contributed by atoms with E-state index < -0.39 is 5.41 Å². The zero-order valence-corrected chi connectivity index (χ0v) is 14.0. The number of carbonyl (C=O) groups excluding carboxylic acids is 2. The summed E-state index contributed by atoms with van der Waals surface area (Å²) in [4.78, 5) is 22.8. The van der Waals surface area contributed by atoms with Crippen LogP contribution in [0, 0.1) is 5.41 Å². The van der Waals surface area contributed by atoms with Crippen molar-refractivity contribution in [1.82, 2.24) is 0 Å². The highest BCUT2D eigenvalue weighted by atomic mass is 32.2. The molecular formula is C15H28O4S. The van der Waals surface area contributed by atoms with Gasteiger partial charge in [-0.15, -0.1) is 0 Å². The maximum absolute atomic E-state index is 11.4. The van der Waals surface area contributed by atoms with Crippen LogP contribution in [0.1, 0.15) is 53.4 Å². The number of esters is 2. The van der Waals surface area contributed by atoms with E-state index in [2.05, 4.69) is 6.92 Å². The Morgan fingerprint density at radius 2 is 1.65 bits per heavy atom. The van der Waals surface area contributed by atoms with Gasteiger partial charge in [0, 0.05) is 5.75 Å². The summed E-state index contributed by atoms with van der Waals surface area (Å²) in [5.74, 6) is 1.40. The second-order valence-electron chi connectivity index (χ2n) is 5.68. The van der Waals surface area contributed by atoms with E-state index in [-0.39, 0.29) is 25.2 Å². The molecule has 0 bridgehead atoms. The van der Waals surface area contributed by atoms with E-state index >= 15 is 0 Å². The van der Waals surface area contributed by atoms with E-state index in [0.29, 0.717) is 6.42 Å². The molecule has 0 N–H and O–H groups in total. The van der Waals surface area contributed by atoms with Gasteiger partial charge in [-0.25, -0.2) is 0 Å². The lowest BCUT2D eigenvalue weighted by Gasteiger charge is -2.16. The van der Waals surface area contributed by atoms with Crippen LogP contribution in [-0.2, 0) is 19.1 Å². The van der Waals surface area contributed by atoms with Crippen molar-refractivity contribution in [3.63, 3.8) is 0 Å². The fourth-order valence-electron chi connectivity index (χ4n) is 1.29. The quantitative estimate of drug-likeness (QED) is 0.457. The zero-order valence-electron chi connectivity index (χ0n) is 13.2. The van der Waals surface area contributed by atoms with Gasteiger partial charge in [-0.05, 0) is 32.9 Å². The second kappa shape index (κ2) is 11.0. The monoisotopic (exact) mass is 304 g/mol. The summed E-state index contributed by atoms with van der Waals surface area (Å²) in [7, 11) is 0. The number of carbonyl (C=O) groups is 2. The summed E-state index contributed by atoms with van der Waals surface area (Å²) >= 11 is 1.78. The third-order valence-electron chi connectivity index (χ3n) is 2.53. The first kappa shape index (κ1) is 19.3. The minimum absolute atomic E-state index is 0.130. The Morgan fingerprint density at radius 3 is 2.25 bits per heavy atom. The lowest BCUT2D eigenvalue weighted by atomic mass is 9.97. The van der Waals surface area contributed by atoms with E-state index in [1.165, 1.54) is 19.3 Å². The first-order valence-electron chi connectivity index (χ1n) is 7.28. The smallest absolute Gasteiger partial charge is 0.311 e. The lowest BCUT2D eigenvalue weighted by molar-refractivity contribution is -0.158. The largest absolute Gasteiger partial charge is 0.462 e. The van der Waals surface area contributed by atoms with Gasteiger partial charge in [-0.2, -0.15) is 11.8 Å². The van der Waals surface area contributed by atoms with Gasteiger partial charge in [-0.3, -0.25) is 9.59 Å². The van der Waals surface area contributed by atoms with Crippen LogP contribution in [-0.4, -0.2) is 36.7 Å². The molecule has 0 aromatic carbocycles. The number of hydrogen-bond donors (Lipinski definition) is 0. The van der Waals surface area contributed by atoms with Gasteiger partial charge in [0.15, 0.2) is 0 Å². The Balaban J connectivity index is 3.44. The molecule has 0 radical (unpaired) electrons. The number of unbranched alkanes of at least 4 members (excludes halogenated alkanes) is 2. The minimum Gasteiger partial charge on any atom is -0.462 e. The van der Waals surface area contributed by atoms with Crippen molar-refractivity contribution in [1.29, 1.82) is 0 Å². The van der Waals surface area contributed by atoms with Crippen molar-refractivity contribution in [2.45, 2.75) is 53.4 Å². The molecule has 0 aliphatic carbocycles. The number of hydrogen-bond acceptors (Lipinski definition) is 5. The SMILES string of the molecule is CCCCCSCCC(=O)OCCOC(=O)C(C)(C)C. The average molecular weight is 304 g/mol. The summed E-state index contributed by atoms with van der Waals surface area (Å²) in [5, 5.41) is 0. The first-order chi connectivity index (χ1) is 9.38. The molecule has 0 aromatic rings. The van der Waals surface area contributed by atoms with Crippen LogP contribution in [0.2, 0.25) is 0 Å². The fraction of sp³-hybridized carbons (Fsp3) is 0.867. The van der Waals surface area contributed by atoms with Gasteiger partial charge < -0.3 is 9.47 Å². The average Bonchev–Trinajstić information content (AvgIpc) is 2.37. The van der Waals surface area contributed by atoms with E-state index in [1.54, 1.807) is 32.5 Å². The maximum atomic E-state index is 11.4. The highest BCUT2D eigenvalue weighted by Crippen LogP contribution is 2.14. The Labute approximate surface area is 127 Å². The molecule has 0 spiro atoms. The number of thioether (sulfide) groups is 1. The molecule has 4 nitrogen and oxygen atoms in total. The predicted molar refractivity (Wildman–Crippen MR) is 82.8 cm³/mol. The Hall–Kier alpha value is -0.710. The van der Waals surface area contributed by atoms with Crippen LogP contribution < -0.4 is 0 Å². The third kappa shape index (κ3) is 11.1. The molecule has 20 heavy (non-hydrogen) atoms. The summed E-state index contributed by atoms with van der Waals surface area (Å²) in [6.45, 7) is 7.81. The standard InChI is InChI=1S/C15H28O4S/c1-5-6-7-11-20-12-8-13(16)18-9-10-19-14(17)15(2,3)4/h5-12H2,1-4H3. The number of rotatable bonds is 10. The van der Waals surface area contributed by atoms with E-state index in [9.17, 15) is 9.59 Å². The predicted octanol–water partition coefficient (Wildman–Crippen LogP) is 3.43. The molecule has 0 amide bonds. The first-order valence-corrected chi connectivity index (χ1v) is 8.44. The molecule has 0 rings (SSSR count). The molecule has 0 saturated heterocycles. The van der Waals surface area contributed by atoms with Gasteiger partial charge in [0.25, 0.3) is 0 Å². The van der Waals surface area contributed by atoms with Crippen LogP contribution in [0.15, 0.2) is 0 Å². The molecule has 0 atom stereocenters. The second-order valence-corrected chi connectivity index (χ2v) is 6.90. The molecule has 0 fully saturated rings. The van der Waals surface area contributed by atoms with Crippen molar-refractivity contribution >= 4 is 23.7 Å². The fourth-order valence-corrected chi connectivity index (χ4v) is 2.21. The van der Waals surface area contributed by atoms with Crippen molar-refractivity contribution < 1.29 is 19.1 Å². The van der Waals surface area contributed by atoms with Crippen LogP contribution in [0.4, 0.5) is 0 Å². The Bertz CT molecular complexity index is 284. The lowest BCUT2D eigenvalue weighted by Crippen LogP contribution is -2.25. The molecule has 118 valence electrons. The van der Waals surface area contributed by atoms with Gasteiger partial charge in [0.2, 0.25) is 0 Å². The molecule has 0 saturated carbocycles. The maximum Gasteiger partial charge on any atom is 0.311 e. The van der Waals surface area contributed by atoms with Gasteiger partial charge >= 0.3 is 11.9 Å². The summed E-state index contributed by atoms with van der Waals surface area (Å²) in [6.07, 6.45) is 4.09. The normalized spacial score (nSPS) is 11.2. The van der Waals surface area contributed by atoms with Gasteiger partial charge in [-0.1, -0.05) is 19.8 Å². The Morgan fingerprint density at radius 1 is 1.00 bits per heavy atom. The summed E-state index contributed by atoms with van der Waals surface area (Å²) in [6, 6.07) is 0. The summed E-state index contributed by atoms with van der Waals surface area (Å²) in [5.41, 5.74) is -0.515. The van der Waals surface area contributed by atoms with Crippen molar-refractivity contribution in [2.75, 3.05) is 24.7 Å². The zero-order chi connectivity index (χ0) is 15.4. The third-order valence-corrected chi connectivity index (χ3v) is 3.60. The minimum atomic E-state index is -0.515. The number of ether oxygens (including phenoxy) is 2. The van der Waals surface area contributed by atoms with Gasteiger partial charge in [0.05, 0.1) is 11.8 Å². The molecule has 0 aromatic heterocycles. The molecular weight excluding hydrogens is 276 g/mol. The van der Waals surface area contributed by atoms with Crippen LogP contribution >= 0.6 is 11.8 Å². The molecule has 0 heterocycles. The van der Waals surface area contributed by atoms with E-state index in [4.69, 9.17) is 9.47 Å². The Kier molecular flexibility index (Phi) is 10.6. The molecule has 0 aliphatic heterocycles. The van der Waals surface area contributed by atoms with Crippen molar-refractivity contribution in [3.05, 3.63) is 0 Å². The van der Waals surface area contributed by atoms with E-state index in [0.717, 1.165) is 11.5 Å². The molecule has 0 unspecified atom stereocenters. The van der Waals surface area contributed by atoms with E-state index in [1.807, 2.05) is 0 Å². The van der Waals surface area contributed by atoms with Crippen molar-refractivity contribution in [3.8, 4) is 0 Å². The highest BCUT2D eigenvalue weighted by Gasteiger charge is 2.22. The van der Waals surface area contributed by atoms with Gasteiger partial charge in [0.1, 0.15) is 13.2 Å². The van der Waals surface area contributed by atoms with Crippen LogP contribution in [0.3, 0.4) is 0 Å². The van der Waals surface area contributed by atoms with Crippen molar-refractivity contribution in [2.24, 2.45) is 5.41 Å². The molecule has 0 aliphatic rings.